The molecular weight excluding hydrogens is 350 g/mol. The molecule has 0 aromatic heterocycles. The van der Waals surface area contributed by atoms with Gasteiger partial charge in [0.25, 0.3) is 5.91 Å². The molecule has 0 atom stereocenters. The first-order valence-electron chi connectivity index (χ1n) is 10.3. The molecule has 0 unspecified atom stereocenters. The monoisotopic (exact) mass is 377 g/mol. The highest BCUT2D eigenvalue weighted by Gasteiger charge is 2.24. The van der Waals surface area contributed by atoms with Crippen molar-refractivity contribution in [1.29, 1.82) is 0 Å². The van der Waals surface area contributed by atoms with Gasteiger partial charge < -0.3 is 15.5 Å². The number of nitrogens with one attached hydrogen (secondary N) is 2. The maximum Gasteiger partial charge on any atom is 0.319 e. The SMILES string of the molecule is O=C(Nc1ccc2c(c1)CCCN2C(=O)c1ccccc1)NC1CCCCC1. The molecule has 0 radical (unpaired) electrons. The van der Waals surface area contributed by atoms with Gasteiger partial charge in [-0.1, -0.05) is 37.5 Å². The second-order valence-corrected chi connectivity index (χ2v) is 7.70. The van der Waals surface area contributed by atoms with Crippen molar-refractivity contribution < 1.29 is 9.59 Å². The van der Waals surface area contributed by atoms with Gasteiger partial charge in [-0.3, -0.25) is 4.79 Å². The molecular formula is C23H27N3O2. The van der Waals surface area contributed by atoms with Crippen molar-refractivity contribution in [3.8, 4) is 0 Å². The predicted octanol–water partition coefficient (Wildman–Crippen LogP) is 4.73. The Morgan fingerprint density at radius 1 is 0.929 bits per heavy atom. The number of fused-ring (bicyclic) bond motifs is 1. The molecule has 5 nitrogen and oxygen atoms in total. The van der Waals surface area contributed by atoms with Gasteiger partial charge in [0.15, 0.2) is 0 Å². The largest absolute Gasteiger partial charge is 0.335 e. The minimum atomic E-state index is -0.139. The van der Waals surface area contributed by atoms with E-state index in [0.717, 1.165) is 49.2 Å². The van der Waals surface area contributed by atoms with Gasteiger partial charge in [-0.15, -0.1) is 0 Å². The van der Waals surface area contributed by atoms with E-state index in [4.69, 9.17) is 0 Å². The van der Waals surface area contributed by atoms with Gasteiger partial charge in [-0.25, -0.2) is 4.79 Å². The van der Waals surface area contributed by atoms with E-state index >= 15 is 0 Å². The molecule has 1 heterocycles. The topological polar surface area (TPSA) is 61.4 Å². The molecule has 0 bridgehead atoms. The van der Waals surface area contributed by atoms with E-state index in [0.29, 0.717) is 5.56 Å². The molecule has 1 saturated carbocycles. The van der Waals surface area contributed by atoms with E-state index in [9.17, 15) is 9.59 Å². The lowest BCUT2D eigenvalue weighted by molar-refractivity contribution is 0.0985. The number of anilines is 2. The first-order chi connectivity index (χ1) is 13.7. The lowest BCUT2D eigenvalue weighted by Crippen LogP contribution is -2.39. The number of hydrogen-bond acceptors (Lipinski definition) is 2. The van der Waals surface area contributed by atoms with Crippen molar-refractivity contribution in [3.63, 3.8) is 0 Å². The van der Waals surface area contributed by atoms with E-state index in [1.165, 1.54) is 19.3 Å². The summed E-state index contributed by atoms with van der Waals surface area (Å²) in [5, 5.41) is 6.04. The van der Waals surface area contributed by atoms with E-state index in [2.05, 4.69) is 10.6 Å². The highest BCUT2D eigenvalue weighted by Crippen LogP contribution is 2.31. The highest BCUT2D eigenvalue weighted by atomic mass is 16.2. The summed E-state index contributed by atoms with van der Waals surface area (Å²) in [6, 6.07) is 15.4. The first-order valence-corrected chi connectivity index (χ1v) is 10.3. The quantitative estimate of drug-likeness (QED) is 0.812. The van der Waals surface area contributed by atoms with Crippen molar-refractivity contribution in [1.82, 2.24) is 5.32 Å². The summed E-state index contributed by atoms with van der Waals surface area (Å²) < 4.78 is 0. The standard InChI is InChI=1S/C23H27N3O2/c27-22(17-8-3-1-4-9-17)26-15-7-10-18-16-20(13-14-21(18)26)25-23(28)24-19-11-5-2-6-12-19/h1,3-4,8-9,13-14,16,19H,2,5-7,10-12,15H2,(H2,24,25,28). The normalized spacial score (nSPS) is 16.9. The summed E-state index contributed by atoms with van der Waals surface area (Å²) in [5.41, 5.74) is 3.52. The Morgan fingerprint density at radius 2 is 1.71 bits per heavy atom. The van der Waals surface area contributed by atoms with Crippen LogP contribution in [0, 0.1) is 0 Å². The minimum Gasteiger partial charge on any atom is -0.335 e. The fourth-order valence-electron chi connectivity index (χ4n) is 4.22. The summed E-state index contributed by atoms with van der Waals surface area (Å²) in [4.78, 5) is 27.1. The van der Waals surface area contributed by atoms with Crippen LogP contribution in [-0.2, 0) is 6.42 Å². The van der Waals surface area contributed by atoms with Crippen molar-refractivity contribution in [2.75, 3.05) is 16.8 Å². The van der Waals surface area contributed by atoms with Gasteiger partial charge in [0.1, 0.15) is 0 Å². The van der Waals surface area contributed by atoms with Crippen LogP contribution in [0.1, 0.15) is 54.4 Å². The number of hydrogen-bond donors (Lipinski definition) is 2. The van der Waals surface area contributed by atoms with Crippen molar-refractivity contribution in [3.05, 3.63) is 59.7 Å². The summed E-state index contributed by atoms with van der Waals surface area (Å²) in [6.45, 7) is 0.718. The Kier molecular flexibility index (Phi) is 5.60. The zero-order valence-corrected chi connectivity index (χ0v) is 16.1. The van der Waals surface area contributed by atoms with Crippen LogP contribution in [0.4, 0.5) is 16.2 Å². The number of rotatable bonds is 3. The zero-order chi connectivity index (χ0) is 19.3. The number of amides is 3. The third-order valence-electron chi connectivity index (χ3n) is 5.66. The van der Waals surface area contributed by atoms with Crippen LogP contribution in [0.3, 0.4) is 0 Å². The number of benzene rings is 2. The molecule has 1 fully saturated rings. The third-order valence-corrected chi connectivity index (χ3v) is 5.66. The smallest absolute Gasteiger partial charge is 0.319 e. The van der Waals surface area contributed by atoms with Crippen LogP contribution in [0.5, 0.6) is 0 Å². The number of nitrogens with zero attached hydrogens (tertiary/aromatic N) is 1. The van der Waals surface area contributed by atoms with Gasteiger partial charge in [0.2, 0.25) is 0 Å². The number of aryl methyl sites for hydroxylation is 1. The van der Waals surface area contributed by atoms with Crippen molar-refractivity contribution in [2.24, 2.45) is 0 Å². The Labute approximate surface area is 166 Å². The summed E-state index contributed by atoms with van der Waals surface area (Å²) >= 11 is 0. The molecule has 2 aliphatic rings. The average Bonchev–Trinajstić information content (AvgIpc) is 2.74. The van der Waals surface area contributed by atoms with Crippen LogP contribution in [0.25, 0.3) is 0 Å². The van der Waals surface area contributed by atoms with Gasteiger partial charge in [0.05, 0.1) is 0 Å². The maximum atomic E-state index is 12.9. The number of carbonyl (C=O) groups is 2. The molecule has 146 valence electrons. The Hall–Kier alpha value is -2.82. The van der Waals surface area contributed by atoms with Crippen LogP contribution in [0.15, 0.2) is 48.5 Å². The van der Waals surface area contributed by atoms with E-state index in [1.54, 1.807) is 0 Å². The van der Waals surface area contributed by atoms with Crippen LogP contribution < -0.4 is 15.5 Å². The molecule has 0 saturated heterocycles. The van der Waals surface area contributed by atoms with Crippen molar-refractivity contribution >= 4 is 23.3 Å². The molecule has 3 amide bonds. The van der Waals surface area contributed by atoms with Gasteiger partial charge in [0, 0.05) is 29.5 Å². The van der Waals surface area contributed by atoms with E-state index in [-0.39, 0.29) is 18.0 Å². The van der Waals surface area contributed by atoms with E-state index < -0.39 is 0 Å². The van der Waals surface area contributed by atoms with Crippen LogP contribution >= 0.6 is 0 Å². The molecule has 4 rings (SSSR count). The highest BCUT2D eigenvalue weighted by molar-refractivity contribution is 6.07. The fraction of sp³-hybridized carbons (Fsp3) is 0.391. The summed E-state index contributed by atoms with van der Waals surface area (Å²) in [6.07, 6.45) is 7.60. The molecule has 1 aliphatic heterocycles. The Balaban J connectivity index is 1.45. The summed E-state index contributed by atoms with van der Waals surface area (Å²) in [5.74, 6) is 0.0253. The number of carbonyl (C=O) groups excluding carboxylic acids is 2. The molecule has 2 aromatic rings. The third kappa shape index (κ3) is 4.19. The molecule has 0 spiro atoms. The zero-order valence-electron chi connectivity index (χ0n) is 16.1. The van der Waals surface area contributed by atoms with E-state index in [1.807, 2.05) is 53.4 Å². The second kappa shape index (κ2) is 8.46. The molecule has 2 N–H and O–H groups in total. The molecule has 28 heavy (non-hydrogen) atoms. The lowest BCUT2D eigenvalue weighted by Gasteiger charge is -2.30. The van der Waals surface area contributed by atoms with Gasteiger partial charge in [-0.2, -0.15) is 0 Å². The first kappa shape index (κ1) is 18.5. The second-order valence-electron chi connectivity index (χ2n) is 7.70. The lowest BCUT2D eigenvalue weighted by atomic mass is 9.96. The van der Waals surface area contributed by atoms with Crippen LogP contribution in [-0.4, -0.2) is 24.5 Å². The minimum absolute atomic E-state index is 0.0253. The van der Waals surface area contributed by atoms with Crippen molar-refractivity contribution in [2.45, 2.75) is 51.0 Å². The Bertz CT molecular complexity index is 844. The fourth-order valence-corrected chi connectivity index (χ4v) is 4.22. The summed E-state index contributed by atoms with van der Waals surface area (Å²) in [7, 11) is 0. The maximum absolute atomic E-state index is 12.9. The predicted molar refractivity (Wildman–Crippen MR) is 112 cm³/mol. The number of urea groups is 1. The van der Waals surface area contributed by atoms with Gasteiger partial charge >= 0.3 is 6.03 Å². The van der Waals surface area contributed by atoms with Crippen LogP contribution in [0.2, 0.25) is 0 Å². The van der Waals surface area contributed by atoms with Gasteiger partial charge in [-0.05, 0) is 61.6 Å². The molecule has 1 aliphatic carbocycles. The average molecular weight is 377 g/mol. The molecule has 5 heteroatoms. The molecule has 2 aromatic carbocycles. The Morgan fingerprint density at radius 3 is 2.50 bits per heavy atom.